The molecule has 39 heavy (non-hydrogen) atoms. The van der Waals surface area contributed by atoms with Gasteiger partial charge < -0.3 is 40.4 Å². The van der Waals surface area contributed by atoms with Crippen molar-refractivity contribution < 1.29 is 53.8 Å². The van der Waals surface area contributed by atoms with Crippen molar-refractivity contribution in [3.63, 3.8) is 0 Å². The van der Waals surface area contributed by atoms with Gasteiger partial charge in [-0.2, -0.15) is 0 Å². The van der Waals surface area contributed by atoms with Crippen LogP contribution in [0, 0.1) is 0 Å². The SMILES string of the molecule is COC1C(=O)C=CC2=C1C(=O)c1cc3c(c(O)c1C2=O)C[C@@](O)(C(=O)CO)C[C@@H]3O[C@H]1C[C@H](N)[C@H](O)[C@H](C)O1. The van der Waals surface area contributed by atoms with Crippen LogP contribution in [0.3, 0.4) is 0 Å². The molecule has 0 spiro atoms. The van der Waals surface area contributed by atoms with Crippen LogP contribution < -0.4 is 5.73 Å². The summed E-state index contributed by atoms with van der Waals surface area (Å²) in [6, 6.07) is 0.655. The van der Waals surface area contributed by atoms with Crippen molar-refractivity contribution in [3.8, 4) is 5.75 Å². The Morgan fingerprint density at radius 3 is 2.59 bits per heavy atom. The molecular weight excluding hydrogens is 514 g/mol. The Bertz CT molecular complexity index is 1340. The third-order valence-electron chi connectivity index (χ3n) is 7.93. The highest BCUT2D eigenvalue weighted by atomic mass is 16.7. The number of methoxy groups -OCH3 is 1. The van der Waals surface area contributed by atoms with Crippen molar-refractivity contribution in [2.75, 3.05) is 13.7 Å². The number of carbonyl (C=O) groups is 4. The summed E-state index contributed by atoms with van der Waals surface area (Å²) in [6.07, 6.45) is -3.48. The minimum absolute atomic E-state index is 0.00755. The van der Waals surface area contributed by atoms with Crippen molar-refractivity contribution >= 4 is 23.1 Å². The summed E-state index contributed by atoms with van der Waals surface area (Å²) in [5, 5.41) is 42.2. The number of benzene rings is 1. The van der Waals surface area contributed by atoms with Crippen LogP contribution >= 0.6 is 0 Å². The lowest BCUT2D eigenvalue weighted by Gasteiger charge is -2.42. The Morgan fingerprint density at radius 2 is 1.95 bits per heavy atom. The molecule has 208 valence electrons. The molecule has 0 amide bonds. The van der Waals surface area contributed by atoms with Crippen LogP contribution in [0.2, 0.25) is 0 Å². The van der Waals surface area contributed by atoms with E-state index in [9.17, 15) is 39.6 Å². The topological polar surface area (TPSA) is 203 Å². The van der Waals surface area contributed by atoms with E-state index in [4.69, 9.17) is 19.9 Å². The first kappa shape index (κ1) is 27.5. The van der Waals surface area contributed by atoms with Gasteiger partial charge in [0.2, 0.25) is 0 Å². The predicted octanol–water partition coefficient (Wildman–Crippen LogP) is -0.659. The molecule has 6 N–H and O–H groups in total. The van der Waals surface area contributed by atoms with Crippen LogP contribution in [0.5, 0.6) is 5.75 Å². The summed E-state index contributed by atoms with van der Waals surface area (Å²) in [5.41, 5.74) is 3.29. The summed E-state index contributed by atoms with van der Waals surface area (Å²) in [6.45, 7) is 0.619. The van der Waals surface area contributed by atoms with Crippen molar-refractivity contribution in [1.29, 1.82) is 0 Å². The molecule has 3 aliphatic carbocycles. The number of phenolic OH excluding ortho intramolecular Hbond substituents is 1. The Balaban J connectivity index is 1.63. The zero-order chi connectivity index (χ0) is 28.4. The fraction of sp³-hybridized carbons (Fsp3) is 0.481. The lowest BCUT2D eigenvalue weighted by molar-refractivity contribution is -0.247. The number of nitrogens with two attached hydrogens (primary N) is 1. The maximum Gasteiger partial charge on any atom is 0.198 e. The second kappa shape index (κ2) is 9.82. The van der Waals surface area contributed by atoms with Gasteiger partial charge in [0, 0.05) is 54.7 Å². The molecule has 7 atom stereocenters. The van der Waals surface area contributed by atoms with Gasteiger partial charge in [-0.25, -0.2) is 0 Å². The second-order valence-corrected chi connectivity index (χ2v) is 10.3. The molecule has 0 saturated carbocycles. The van der Waals surface area contributed by atoms with E-state index in [1.54, 1.807) is 6.92 Å². The number of allylic oxidation sites excluding steroid dienone is 2. The van der Waals surface area contributed by atoms with Crippen molar-refractivity contribution in [1.82, 2.24) is 0 Å². The van der Waals surface area contributed by atoms with E-state index in [-0.39, 0.29) is 46.2 Å². The van der Waals surface area contributed by atoms with Crippen LogP contribution in [-0.4, -0.2) is 93.5 Å². The van der Waals surface area contributed by atoms with Gasteiger partial charge in [-0.3, -0.25) is 19.2 Å². The summed E-state index contributed by atoms with van der Waals surface area (Å²) < 4.78 is 17.0. The van der Waals surface area contributed by atoms with E-state index in [2.05, 4.69) is 0 Å². The summed E-state index contributed by atoms with van der Waals surface area (Å²) in [7, 11) is 1.24. The Hall–Kier alpha value is -3.10. The number of rotatable bonds is 5. The number of hydrogen-bond donors (Lipinski definition) is 5. The third-order valence-corrected chi connectivity index (χ3v) is 7.93. The molecule has 0 bridgehead atoms. The second-order valence-electron chi connectivity index (χ2n) is 10.3. The smallest absolute Gasteiger partial charge is 0.198 e. The summed E-state index contributed by atoms with van der Waals surface area (Å²) in [5.74, 6) is -3.47. The van der Waals surface area contributed by atoms with Gasteiger partial charge >= 0.3 is 0 Å². The maximum atomic E-state index is 13.6. The molecule has 1 unspecified atom stereocenters. The molecule has 5 rings (SSSR count). The fourth-order valence-corrected chi connectivity index (χ4v) is 5.81. The largest absolute Gasteiger partial charge is 0.507 e. The maximum absolute atomic E-state index is 13.6. The van der Waals surface area contributed by atoms with Crippen LogP contribution in [0.4, 0.5) is 0 Å². The Kier molecular flexibility index (Phi) is 6.92. The number of carbonyl (C=O) groups excluding carboxylic acids is 4. The zero-order valence-electron chi connectivity index (χ0n) is 21.2. The average Bonchev–Trinajstić information content (AvgIpc) is 2.90. The standard InChI is InChI=1S/C27H29NO11/c1-10-22(32)15(28)6-19(38-10)39-17-8-27(36,18(31)9-29)7-14-12(17)5-13-20(25(14)35)23(33)11-3-4-16(30)26(37-2)21(11)24(13)34/h3-5,10,15,17,19,22,26,29,32,35-36H,6-9,28H2,1-2H3/t10-,15-,17-,19-,22+,26?,27-/m0/s1. The fourth-order valence-electron chi connectivity index (χ4n) is 5.81. The van der Waals surface area contributed by atoms with E-state index in [0.717, 1.165) is 6.08 Å². The first-order valence-electron chi connectivity index (χ1n) is 12.5. The van der Waals surface area contributed by atoms with Crippen LogP contribution in [0.1, 0.15) is 57.7 Å². The molecule has 1 fully saturated rings. The highest BCUT2D eigenvalue weighted by Crippen LogP contribution is 2.48. The molecule has 1 aliphatic heterocycles. The molecule has 12 nitrogen and oxygen atoms in total. The number of aliphatic hydroxyl groups is 3. The lowest BCUT2D eigenvalue weighted by atomic mass is 9.71. The minimum atomic E-state index is -2.16. The number of ether oxygens (including phenoxy) is 3. The minimum Gasteiger partial charge on any atom is -0.507 e. The summed E-state index contributed by atoms with van der Waals surface area (Å²) >= 11 is 0. The van der Waals surface area contributed by atoms with Crippen LogP contribution in [-0.2, 0) is 30.2 Å². The summed E-state index contributed by atoms with van der Waals surface area (Å²) in [4.78, 5) is 52.0. The van der Waals surface area contributed by atoms with E-state index in [1.165, 1.54) is 19.3 Å². The lowest BCUT2D eigenvalue weighted by Crippen LogP contribution is -2.53. The monoisotopic (exact) mass is 543 g/mol. The van der Waals surface area contributed by atoms with Gasteiger partial charge in [0.05, 0.1) is 23.9 Å². The Morgan fingerprint density at radius 1 is 1.23 bits per heavy atom. The number of fused-ring (bicyclic) bond motifs is 2. The van der Waals surface area contributed by atoms with E-state index in [1.807, 2.05) is 0 Å². The number of aromatic hydroxyl groups is 1. The van der Waals surface area contributed by atoms with Gasteiger partial charge in [0.25, 0.3) is 0 Å². The van der Waals surface area contributed by atoms with E-state index >= 15 is 0 Å². The first-order valence-corrected chi connectivity index (χ1v) is 12.5. The van der Waals surface area contributed by atoms with Crippen LogP contribution in [0.15, 0.2) is 29.4 Å². The van der Waals surface area contributed by atoms with Crippen molar-refractivity contribution in [2.45, 2.75) is 68.5 Å². The molecule has 4 aliphatic rings. The zero-order valence-corrected chi connectivity index (χ0v) is 21.2. The van der Waals surface area contributed by atoms with Gasteiger partial charge in [-0.1, -0.05) is 0 Å². The van der Waals surface area contributed by atoms with Gasteiger partial charge in [-0.05, 0) is 30.7 Å². The molecular formula is C27H29NO11. The van der Waals surface area contributed by atoms with Gasteiger partial charge in [0.1, 0.15) is 24.1 Å². The number of aliphatic hydroxyl groups excluding tert-OH is 2. The molecule has 12 heteroatoms. The van der Waals surface area contributed by atoms with E-state index < -0.39 is 84.3 Å². The number of phenols is 1. The Labute approximate surface area is 222 Å². The van der Waals surface area contributed by atoms with E-state index in [0.29, 0.717) is 0 Å². The normalized spacial score (nSPS) is 34.1. The number of Topliss-reactive ketones (excluding diaryl/α,β-unsaturated/α-hetero) is 3. The van der Waals surface area contributed by atoms with Crippen molar-refractivity contribution in [2.24, 2.45) is 5.73 Å². The van der Waals surface area contributed by atoms with Gasteiger partial charge in [-0.15, -0.1) is 0 Å². The number of hydrogen-bond acceptors (Lipinski definition) is 12. The molecule has 1 heterocycles. The average molecular weight is 544 g/mol. The molecule has 1 aromatic rings. The molecule has 1 saturated heterocycles. The quantitative estimate of drug-likeness (QED) is 0.314. The predicted molar refractivity (Wildman–Crippen MR) is 131 cm³/mol. The van der Waals surface area contributed by atoms with Crippen LogP contribution in [0.25, 0.3) is 0 Å². The molecule has 1 aromatic carbocycles. The molecule has 0 aromatic heterocycles. The third kappa shape index (κ3) is 4.28. The highest BCUT2D eigenvalue weighted by molar-refractivity contribution is 6.32. The molecule has 0 radical (unpaired) electrons. The highest BCUT2D eigenvalue weighted by Gasteiger charge is 2.49. The van der Waals surface area contributed by atoms with Gasteiger partial charge in [0.15, 0.2) is 29.4 Å². The first-order chi connectivity index (χ1) is 18.4. The van der Waals surface area contributed by atoms with Crippen molar-refractivity contribution in [3.05, 3.63) is 51.6 Å². The number of ketones is 4.